The molecule has 128 valence electrons. The molecule has 0 radical (unpaired) electrons. The van der Waals surface area contributed by atoms with E-state index in [1.54, 1.807) is 17.1 Å². The van der Waals surface area contributed by atoms with Gasteiger partial charge in [0.05, 0.1) is 11.3 Å². The van der Waals surface area contributed by atoms with Crippen molar-refractivity contribution in [1.82, 2.24) is 15.6 Å². The molecule has 0 spiro atoms. The van der Waals surface area contributed by atoms with Crippen molar-refractivity contribution in [1.29, 1.82) is 0 Å². The number of carboxylic acids is 1. The van der Waals surface area contributed by atoms with Gasteiger partial charge in [-0.2, -0.15) is 0 Å². The Morgan fingerprint density at radius 3 is 2.46 bits per heavy atom. The van der Waals surface area contributed by atoms with E-state index >= 15 is 0 Å². The quantitative estimate of drug-likeness (QED) is 0.695. The zero-order valence-corrected chi connectivity index (χ0v) is 14.6. The summed E-state index contributed by atoms with van der Waals surface area (Å²) < 4.78 is 0. The van der Waals surface area contributed by atoms with Crippen LogP contribution < -0.4 is 15.8 Å². The van der Waals surface area contributed by atoms with E-state index in [0.29, 0.717) is 17.2 Å². The third kappa shape index (κ3) is 2.66. The summed E-state index contributed by atoms with van der Waals surface area (Å²) in [6.07, 6.45) is 0.709. The second-order valence-corrected chi connectivity index (χ2v) is 7.40. The SMILES string of the molecule is CC1(C)C[C@]2(C)N(CC(=O)NN2c2ccc(C(=O)O)cc2)C(=S)N1. The first-order valence-corrected chi connectivity index (χ1v) is 8.06. The van der Waals surface area contributed by atoms with Gasteiger partial charge >= 0.3 is 5.97 Å². The highest BCUT2D eigenvalue weighted by Gasteiger charge is 2.51. The number of hydrazine groups is 1. The highest BCUT2D eigenvalue weighted by molar-refractivity contribution is 7.80. The van der Waals surface area contributed by atoms with Crippen LogP contribution >= 0.6 is 12.2 Å². The molecule has 1 amide bonds. The molecule has 0 bridgehead atoms. The number of hydrogen-bond donors (Lipinski definition) is 3. The van der Waals surface area contributed by atoms with Crippen molar-refractivity contribution in [3.05, 3.63) is 29.8 Å². The molecule has 0 aliphatic carbocycles. The Kier molecular flexibility index (Phi) is 3.67. The van der Waals surface area contributed by atoms with Gasteiger partial charge in [0.2, 0.25) is 0 Å². The van der Waals surface area contributed by atoms with Gasteiger partial charge in [0.15, 0.2) is 5.11 Å². The van der Waals surface area contributed by atoms with Crippen molar-refractivity contribution in [2.75, 3.05) is 11.6 Å². The Morgan fingerprint density at radius 2 is 1.88 bits per heavy atom. The van der Waals surface area contributed by atoms with Crippen LogP contribution in [0.15, 0.2) is 24.3 Å². The molecule has 1 aromatic carbocycles. The topological polar surface area (TPSA) is 84.9 Å². The van der Waals surface area contributed by atoms with E-state index < -0.39 is 11.6 Å². The Morgan fingerprint density at radius 1 is 1.25 bits per heavy atom. The molecule has 3 rings (SSSR count). The van der Waals surface area contributed by atoms with E-state index in [1.807, 2.05) is 11.8 Å². The van der Waals surface area contributed by atoms with Crippen LogP contribution in [0.3, 0.4) is 0 Å². The van der Waals surface area contributed by atoms with Crippen molar-refractivity contribution in [2.24, 2.45) is 0 Å². The molecule has 7 nitrogen and oxygen atoms in total. The number of hydrogen-bond acceptors (Lipinski definition) is 4. The van der Waals surface area contributed by atoms with Crippen LogP contribution in [0, 0.1) is 0 Å². The molecule has 2 fully saturated rings. The number of thiocarbonyl (C=S) groups is 1. The van der Waals surface area contributed by atoms with Crippen molar-refractivity contribution < 1.29 is 14.7 Å². The van der Waals surface area contributed by atoms with E-state index in [4.69, 9.17) is 17.3 Å². The van der Waals surface area contributed by atoms with Crippen LogP contribution in [-0.4, -0.2) is 44.7 Å². The predicted molar refractivity (Wildman–Crippen MR) is 93.6 cm³/mol. The van der Waals surface area contributed by atoms with Gasteiger partial charge in [0.25, 0.3) is 5.91 Å². The maximum atomic E-state index is 12.2. The fourth-order valence-electron chi connectivity index (χ4n) is 3.51. The molecule has 24 heavy (non-hydrogen) atoms. The normalized spacial score (nSPS) is 25.6. The Labute approximate surface area is 145 Å². The number of anilines is 1. The first-order chi connectivity index (χ1) is 11.1. The Balaban J connectivity index is 2.02. The number of benzene rings is 1. The van der Waals surface area contributed by atoms with Crippen LogP contribution in [0.4, 0.5) is 5.69 Å². The smallest absolute Gasteiger partial charge is 0.335 e. The van der Waals surface area contributed by atoms with Crippen LogP contribution in [-0.2, 0) is 4.79 Å². The Hall–Kier alpha value is -2.35. The molecule has 2 saturated heterocycles. The van der Waals surface area contributed by atoms with Gasteiger partial charge in [-0.25, -0.2) is 4.79 Å². The number of fused-ring (bicyclic) bond motifs is 1. The van der Waals surface area contributed by atoms with Crippen molar-refractivity contribution >= 4 is 34.9 Å². The number of carbonyl (C=O) groups is 2. The van der Waals surface area contributed by atoms with Crippen LogP contribution in [0.2, 0.25) is 0 Å². The number of carboxylic acid groups (broad SMARTS) is 1. The number of aromatic carboxylic acids is 1. The van der Waals surface area contributed by atoms with Gasteiger partial charge in [0.1, 0.15) is 12.2 Å². The molecular formula is C16H20N4O3S. The minimum atomic E-state index is -0.985. The third-order valence-corrected chi connectivity index (χ3v) is 4.76. The molecule has 0 saturated carbocycles. The van der Waals surface area contributed by atoms with Gasteiger partial charge in [-0.05, 0) is 57.3 Å². The lowest BCUT2D eigenvalue weighted by Gasteiger charge is -2.59. The van der Waals surface area contributed by atoms with Crippen LogP contribution in [0.25, 0.3) is 0 Å². The zero-order chi connectivity index (χ0) is 17.7. The van der Waals surface area contributed by atoms with Crippen LogP contribution in [0.5, 0.6) is 0 Å². The average Bonchev–Trinajstić information content (AvgIpc) is 2.47. The van der Waals surface area contributed by atoms with Crippen molar-refractivity contribution in [3.8, 4) is 0 Å². The van der Waals surface area contributed by atoms with Crippen LogP contribution in [0.1, 0.15) is 37.6 Å². The largest absolute Gasteiger partial charge is 0.478 e. The molecule has 1 atom stereocenters. The molecule has 3 N–H and O–H groups in total. The van der Waals surface area contributed by atoms with E-state index in [-0.39, 0.29) is 23.6 Å². The first-order valence-electron chi connectivity index (χ1n) is 7.65. The molecular weight excluding hydrogens is 328 g/mol. The summed E-state index contributed by atoms with van der Waals surface area (Å²) in [7, 11) is 0. The first kappa shape index (κ1) is 16.5. The highest BCUT2D eigenvalue weighted by atomic mass is 32.1. The standard InChI is InChI=1S/C16H20N4O3S/c1-15(2)9-16(3)19(14(24)17-15)8-12(21)18-20(16)11-6-4-10(5-7-11)13(22)23/h4-7H,8-9H2,1-3H3,(H,17,24)(H,18,21)(H,22,23)/t16-/m1/s1. The minimum absolute atomic E-state index is 0.168. The predicted octanol–water partition coefficient (Wildman–Crippen LogP) is 1.31. The Bertz CT molecular complexity index is 719. The average molecular weight is 348 g/mol. The fourth-order valence-corrected chi connectivity index (χ4v) is 4.05. The monoisotopic (exact) mass is 348 g/mol. The lowest BCUT2D eigenvalue weighted by atomic mass is 9.86. The lowest BCUT2D eigenvalue weighted by molar-refractivity contribution is -0.127. The third-order valence-electron chi connectivity index (χ3n) is 4.44. The number of nitrogens with one attached hydrogen (secondary N) is 2. The number of nitrogens with zero attached hydrogens (tertiary/aromatic N) is 2. The summed E-state index contributed by atoms with van der Waals surface area (Å²) in [5.74, 6) is -1.15. The van der Waals surface area contributed by atoms with Gasteiger partial charge in [-0.3, -0.25) is 15.2 Å². The van der Waals surface area contributed by atoms with Gasteiger partial charge in [-0.15, -0.1) is 0 Å². The summed E-state index contributed by atoms with van der Waals surface area (Å²) in [6.45, 7) is 6.32. The number of amides is 1. The summed E-state index contributed by atoms with van der Waals surface area (Å²) in [5, 5.41) is 14.6. The maximum absolute atomic E-state index is 12.2. The van der Waals surface area contributed by atoms with E-state index in [0.717, 1.165) is 0 Å². The summed E-state index contributed by atoms with van der Waals surface area (Å²) in [5.41, 5.74) is 3.02. The zero-order valence-electron chi connectivity index (χ0n) is 13.8. The molecule has 8 heteroatoms. The van der Waals surface area contributed by atoms with Gasteiger partial charge in [0, 0.05) is 12.0 Å². The summed E-state index contributed by atoms with van der Waals surface area (Å²) in [6, 6.07) is 6.43. The lowest BCUT2D eigenvalue weighted by Crippen LogP contribution is -2.79. The number of carbonyl (C=O) groups excluding carboxylic acids is 1. The minimum Gasteiger partial charge on any atom is -0.478 e. The van der Waals surface area contributed by atoms with Gasteiger partial charge < -0.3 is 15.3 Å². The van der Waals surface area contributed by atoms with E-state index in [9.17, 15) is 9.59 Å². The van der Waals surface area contributed by atoms with E-state index in [2.05, 4.69) is 24.6 Å². The molecule has 2 aliphatic heterocycles. The molecule has 2 heterocycles. The maximum Gasteiger partial charge on any atom is 0.335 e. The molecule has 2 aliphatic rings. The van der Waals surface area contributed by atoms with Crippen molar-refractivity contribution in [2.45, 2.75) is 38.4 Å². The highest BCUT2D eigenvalue weighted by Crippen LogP contribution is 2.37. The van der Waals surface area contributed by atoms with Crippen molar-refractivity contribution in [3.63, 3.8) is 0 Å². The van der Waals surface area contributed by atoms with E-state index in [1.165, 1.54) is 12.1 Å². The van der Waals surface area contributed by atoms with Gasteiger partial charge in [-0.1, -0.05) is 0 Å². The molecule has 1 aromatic rings. The fraction of sp³-hybridized carbons (Fsp3) is 0.438. The summed E-state index contributed by atoms with van der Waals surface area (Å²) >= 11 is 5.47. The second kappa shape index (κ2) is 5.34. The summed E-state index contributed by atoms with van der Waals surface area (Å²) in [4.78, 5) is 25.1. The molecule has 0 unspecified atom stereocenters. The number of rotatable bonds is 2. The molecule has 0 aromatic heterocycles. The second-order valence-electron chi connectivity index (χ2n) is 7.02.